The number of nitrogens with zero attached hydrogens (tertiary/aromatic N) is 3. The molecule has 34 heavy (non-hydrogen) atoms. The van der Waals surface area contributed by atoms with Crippen molar-refractivity contribution in [1.29, 1.82) is 0 Å². The molecule has 3 amide bonds. The third-order valence-electron chi connectivity index (χ3n) is 5.17. The van der Waals surface area contributed by atoms with Crippen molar-refractivity contribution in [3.05, 3.63) is 90.0 Å². The van der Waals surface area contributed by atoms with Gasteiger partial charge in [-0.25, -0.2) is 4.39 Å². The maximum absolute atomic E-state index is 13.2. The number of nitrogens with one attached hydrogen (secondary N) is 2. The van der Waals surface area contributed by atoms with Gasteiger partial charge in [-0.05, 0) is 54.1 Å². The predicted octanol–water partition coefficient (Wildman–Crippen LogP) is 2.21. The smallest absolute Gasteiger partial charge is 0.267 e. The fraction of sp³-hybridized carbons (Fsp3) is 0.125. The molecule has 0 spiro atoms. The minimum Gasteiger partial charge on any atom is -0.368 e. The van der Waals surface area contributed by atoms with Gasteiger partial charge in [0, 0.05) is 36.6 Å². The van der Waals surface area contributed by atoms with Crippen LogP contribution in [0.2, 0.25) is 0 Å². The van der Waals surface area contributed by atoms with Crippen molar-refractivity contribution in [2.45, 2.75) is 19.0 Å². The van der Waals surface area contributed by atoms with Crippen molar-refractivity contribution in [3.63, 3.8) is 0 Å². The Kier molecular flexibility index (Phi) is 6.58. The van der Waals surface area contributed by atoms with E-state index in [1.54, 1.807) is 36.4 Å². The molecule has 1 atom stereocenters. The quantitative estimate of drug-likeness (QED) is 0.498. The van der Waals surface area contributed by atoms with Gasteiger partial charge in [0.05, 0.1) is 5.69 Å². The minimum atomic E-state index is -0.849. The summed E-state index contributed by atoms with van der Waals surface area (Å²) in [6.45, 7) is 0.175. The Hall–Kier alpha value is -4.60. The number of amides is 3. The van der Waals surface area contributed by atoms with Gasteiger partial charge >= 0.3 is 0 Å². The average Bonchev–Trinajstić information content (AvgIpc) is 3.30. The van der Waals surface area contributed by atoms with Gasteiger partial charge in [0.2, 0.25) is 5.91 Å². The van der Waals surface area contributed by atoms with Gasteiger partial charge in [0.15, 0.2) is 0 Å². The number of hydrogen-bond acceptors (Lipinski definition) is 6. The second kappa shape index (κ2) is 9.90. The van der Waals surface area contributed by atoms with E-state index in [0.717, 1.165) is 5.56 Å². The van der Waals surface area contributed by atoms with Gasteiger partial charge in [-0.15, -0.1) is 0 Å². The first kappa shape index (κ1) is 22.6. The van der Waals surface area contributed by atoms with Crippen molar-refractivity contribution < 1.29 is 18.8 Å². The highest BCUT2D eigenvalue weighted by Gasteiger charge is 2.34. The molecule has 9 nitrogen and oxygen atoms in total. The second-order valence-corrected chi connectivity index (χ2v) is 7.56. The zero-order valence-electron chi connectivity index (χ0n) is 17.9. The zero-order chi connectivity index (χ0) is 24.1. The molecule has 1 unspecified atom stereocenters. The number of carbonyl (C=O) groups is 3. The van der Waals surface area contributed by atoms with Gasteiger partial charge in [0.1, 0.15) is 17.6 Å². The summed E-state index contributed by atoms with van der Waals surface area (Å²) < 4.78 is 13.2. The highest BCUT2D eigenvalue weighted by molar-refractivity contribution is 6.40. The molecule has 172 valence electrons. The molecule has 0 saturated heterocycles. The third kappa shape index (κ3) is 5.23. The van der Waals surface area contributed by atoms with Crippen LogP contribution >= 0.6 is 0 Å². The zero-order valence-corrected chi connectivity index (χ0v) is 17.9. The lowest BCUT2D eigenvalue weighted by Gasteiger charge is -2.20. The van der Waals surface area contributed by atoms with Gasteiger partial charge in [-0.2, -0.15) is 5.10 Å². The molecule has 1 aromatic heterocycles. The number of hydrogen-bond donors (Lipinski definition) is 3. The maximum atomic E-state index is 13.2. The third-order valence-corrected chi connectivity index (χ3v) is 5.17. The Morgan fingerprint density at radius 3 is 2.47 bits per heavy atom. The Morgan fingerprint density at radius 2 is 1.76 bits per heavy atom. The van der Waals surface area contributed by atoms with Crippen molar-refractivity contribution in [2.75, 3.05) is 10.3 Å². The summed E-state index contributed by atoms with van der Waals surface area (Å²) in [5.41, 5.74) is 7.87. The highest BCUT2D eigenvalue weighted by atomic mass is 19.1. The molecule has 0 bridgehead atoms. The predicted molar refractivity (Wildman–Crippen MR) is 124 cm³/mol. The fourth-order valence-corrected chi connectivity index (χ4v) is 3.45. The van der Waals surface area contributed by atoms with Crippen molar-refractivity contribution in [3.8, 4) is 0 Å². The molecule has 0 radical (unpaired) electrons. The molecule has 4 rings (SSSR count). The van der Waals surface area contributed by atoms with Crippen LogP contribution in [0, 0.1) is 5.82 Å². The summed E-state index contributed by atoms with van der Waals surface area (Å²) >= 11 is 0. The molecule has 0 aliphatic carbocycles. The number of anilines is 2. The summed E-state index contributed by atoms with van der Waals surface area (Å²) in [5.74, 6) is -1.81. The van der Waals surface area contributed by atoms with Gasteiger partial charge < -0.3 is 16.4 Å². The van der Waals surface area contributed by atoms with E-state index < -0.39 is 23.7 Å². The number of nitrogens with two attached hydrogens (primary N) is 1. The van der Waals surface area contributed by atoms with E-state index in [4.69, 9.17) is 5.73 Å². The molecule has 2 aromatic carbocycles. The second-order valence-electron chi connectivity index (χ2n) is 7.56. The molecule has 0 fully saturated rings. The number of aromatic nitrogens is 1. The van der Waals surface area contributed by atoms with Crippen molar-refractivity contribution in [1.82, 2.24) is 10.3 Å². The average molecular weight is 460 g/mol. The summed E-state index contributed by atoms with van der Waals surface area (Å²) in [5, 5.41) is 11.1. The van der Waals surface area contributed by atoms with Crippen LogP contribution in [-0.2, 0) is 16.1 Å². The first-order valence-electron chi connectivity index (χ1n) is 10.4. The molecule has 10 heteroatoms. The van der Waals surface area contributed by atoms with Crippen LogP contribution in [0.3, 0.4) is 0 Å². The Morgan fingerprint density at radius 1 is 1.03 bits per heavy atom. The molecule has 3 aromatic rings. The lowest BCUT2D eigenvalue weighted by Crippen LogP contribution is -2.39. The van der Waals surface area contributed by atoms with Crippen LogP contribution in [-0.4, -0.2) is 34.5 Å². The highest BCUT2D eigenvalue weighted by Crippen LogP contribution is 2.25. The number of halogens is 1. The largest absolute Gasteiger partial charge is 0.368 e. The molecule has 2 heterocycles. The van der Waals surface area contributed by atoms with Gasteiger partial charge in [0.25, 0.3) is 11.8 Å². The van der Waals surface area contributed by atoms with Gasteiger partial charge in [-0.3, -0.25) is 24.4 Å². The number of primary amides is 1. The van der Waals surface area contributed by atoms with E-state index in [2.05, 4.69) is 20.7 Å². The van der Waals surface area contributed by atoms with Gasteiger partial charge in [-0.1, -0.05) is 12.1 Å². The standard InChI is InChI=1S/C24H21FN6O3/c25-17-4-6-19(7-5-17)31-21(22(26)32)13-20(30-31)24(34)28-14-15-2-1-3-18(12-15)29-23(33)16-8-10-27-11-9-16/h1-12,21H,13-14H2,(H2,26,32)(H,28,34)(H,29,33). The molecular formula is C24H21FN6O3. The first-order valence-corrected chi connectivity index (χ1v) is 10.4. The van der Waals surface area contributed by atoms with E-state index >= 15 is 0 Å². The van der Waals surface area contributed by atoms with Crippen LogP contribution < -0.4 is 21.4 Å². The summed E-state index contributed by atoms with van der Waals surface area (Å²) in [6.07, 6.45) is 3.10. The summed E-state index contributed by atoms with van der Waals surface area (Å²) in [7, 11) is 0. The molecule has 4 N–H and O–H groups in total. The summed E-state index contributed by atoms with van der Waals surface area (Å²) in [6, 6.07) is 14.8. The van der Waals surface area contributed by atoms with Crippen molar-refractivity contribution in [2.24, 2.45) is 10.8 Å². The van der Waals surface area contributed by atoms with E-state index in [1.807, 2.05) is 0 Å². The van der Waals surface area contributed by atoms with Crippen molar-refractivity contribution >= 4 is 34.8 Å². The molecule has 1 aliphatic rings. The van der Waals surface area contributed by atoms with E-state index in [9.17, 15) is 18.8 Å². The SMILES string of the molecule is NC(=O)C1CC(C(=O)NCc2cccc(NC(=O)c3ccncc3)c2)=NN1c1ccc(F)cc1. The number of rotatable bonds is 7. The fourth-order valence-electron chi connectivity index (χ4n) is 3.45. The monoisotopic (exact) mass is 460 g/mol. The van der Waals surface area contributed by atoms with E-state index in [0.29, 0.717) is 16.9 Å². The minimum absolute atomic E-state index is 0.0283. The number of carbonyl (C=O) groups excluding carboxylic acids is 3. The van der Waals surface area contributed by atoms with E-state index in [-0.39, 0.29) is 24.6 Å². The first-order chi connectivity index (χ1) is 16.4. The van der Waals surface area contributed by atoms with Crippen LogP contribution in [0.4, 0.5) is 15.8 Å². The van der Waals surface area contributed by atoms with E-state index in [1.165, 1.54) is 41.7 Å². The Labute approximate surface area is 194 Å². The summed E-state index contributed by atoms with van der Waals surface area (Å²) in [4.78, 5) is 40.8. The van der Waals surface area contributed by atoms with Crippen LogP contribution in [0.25, 0.3) is 0 Å². The number of hydrazone groups is 1. The lowest BCUT2D eigenvalue weighted by atomic mass is 10.1. The van der Waals surface area contributed by atoms with Crippen LogP contribution in [0.15, 0.2) is 78.2 Å². The Bertz CT molecular complexity index is 1250. The molecular weight excluding hydrogens is 439 g/mol. The van der Waals surface area contributed by atoms with Crippen LogP contribution in [0.1, 0.15) is 22.3 Å². The lowest BCUT2D eigenvalue weighted by molar-refractivity contribution is -0.119. The molecule has 0 saturated carbocycles. The molecule has 1 aliphatic heterocycles. The normalized spacial score (nSPS) is 14.9. The van der Waals surface area contributed by atoms with Crippen LogP contribution in [0.5, 0.6) is 0 Å². The number of pyridine rings is 1. The number of benzene rings is 2. The Balaban J connectivity index is 1.41. The maximum Gasteiger partial charge on any atom is 0.267 e. The topological polar surface area (TPSA) is 130 Å².